The molecule has 0 spiro atoms. The molecule has 0 radical (unpaired) electrons. The van der Waals surface area contributed by atoms with Gasteiger partial charge in [0.1, 0.15) is 5.75 Å². The summed E-state index contributed by atoms with van der Waals surface area (Å²) >= 11 is 0. The number of hydrogen-bond donors (Lipinski definition) is 3. The number of aromatic hydroxyl groups is 3. The molecule has 0 aromatic heterocycles. The smallest absolute Gasteiger partial charge is 0.256 e. The van der Waals surface area contributed by atoms with Crippen molar-refractivity contribution in [2.24, 2.45) is 0 Å². The van der Waals surface area contributed by atoms with Gasteiger partial charge >= 0.3 is 0 Å². The van der Waals surface area contributed by atoms with Gasteiger partial charge in [-0.2, -0.15) is 0 Å². The Kier molecular flexibility index (Phi) is 8.10. The van der Waals surface area contributed by atoms with Crippen LogP contribution in [-0.4, -0.2) is 42.4 Å². The lowest BCUT2D eigenvalue weighted by atomic mass is 10.1. The maximum absolute atomic E-state index is 13.2. The molecule has 2 aromatic carbocycles. The first-order chi connectivity index (χ1) is 14.1. The minimum Gasteiger partial charge on any atom is -0.508 e. The summed E-state index contributed by atoms with van der Waals surface area (Å²) in [6, 6.07) is 7.41. The quantitative estimate of drug-likeness (QED) is 0.347. The zero-order chi connectivity index (χ0) is 22.4. The van der Waals surface area contributed by atoms with Crippen molar-refractivity contribution >= 4 is 20.0 Å². The predicted molar refractivity (Wildman–Crippen MR) is 112 cm³/mol. The second kappa shape index (κ2) is 10.1. The highest BCUT2D eigenvalue weighted by Crippen LogP contribution is 2.31. The van der Waals surface area contributed by atoms with Crippen molar-refractivity contribution in [3.63, 3.8) is 0 Å². The summed E-state index contributed by atoms with van der Waals surface area (Å²) in [5, 5.41) is 28.6. The number of rotatable bonds is 11. The normalized spacial score (nSPS) is 12.3. The highest BCUT2D eigenvalue weighted by molar-refractivity contribution is 8.04. The van der Waals surface area contributed by atoms with Crippen molar-refractivity contribution in [3.8, 4) is 17.2 Å². The average molecular weight is 458 g/mol. The third kappa shape index (κ3) is 5.65. The van der Waals surface area contributed by atoms with E-state index in [-0.39, 0.29) is 17.2 Å². The van der Waals surface area contributed by atoms with Gasteiger partial charge in [0.2, 0.25) is 0 Å². The molecule has 0 amide bonds. The SMILES string of the molecule is CCCCCCCCN(S(=O)(=O)c1ccc(O)cc1)S(=O)(=O)c1ccc(O)c(O)c1. The second-order valence-electron chi connectivity index (χ2n) is 6.92. The first-order valence-corrected chi connectivity index (χ1v) is 12.6. The topological polar surface area (TPSA) is 132 Å². The lowest BCUT2D eigenvalue weighted by Gasteiger charge is -2.22. The molecule has 0 saturated heterocycles. The van der Waals surface area contributed by atoms with E-state index >= 15 is 0 Å². The first kappa shape index (κ1) is 24.0. The Labute approximate surface area is 177 Å². The van der Waals surface area contributed by atoms with E-state index in [2.05, 4.69) is 6.92 Å². The van der Waals surface area contributed by atoms with Gasteiger partial charge < -0.3 is 15.3 Å². The fraction of sp³-hybridized carbons (Fsp3) is 0.400. The monoisotopic (exact) mass is 457 g/mol. The van der Waals surface area contributed by atoms with Crippen molar-refractivity contribution in [2.45, 2.75) is 55.2 Å². The summed E-state index contributed by atoms with van der Waals surface area (Å²) in [4.78, 5) is -0.732. The van der Waals surface area contributed by atoms with E-state index in [4.69, 9.17) is 0 Å². The minimum atomic E-state index is -4.54. The van der Waals surface area contributed by atoms with Crippen LogP contribution in [0.1, 0.15) is 45.4 Å². The summed E-state index contributed by atoms with van der Waals surface area (Å²) in [6.07, 6.45) is 4.96. The van der Waals surface area contributed by atoms with Crippen molar-refractivity contribution in [1.29, 1.82) is 0 Å². The molecule has 3 N–H and O–H groups in total. The lowest BCUT2D eigenvalue weighted by molar-refractivity contribution is 0.402. The van der Waals surface area contributed by atoms with E-state index < -0.39 is 36.4 Å². The second-order valence-corrected chi connectivity index (χ2v) is 10.9. The number of unbranched alkanes of at least 4 members (excludes halogenated alkanes) is 5. The molecular weight excluding hydrogens is 430 g/mol. The molecule has 0 saturated carbocycles. The number of sulfonamides is 2. The summed E-state index contributed by atoms with van der Waals surface area (Å²) in [5.74, 6) is -1.34. The Morgan fingerprint density at radius 3 is 1.83 bits per heavy atom. The Morgan fingerprint density at radius 2 is 1.23 bits per heavy atom. The van der Waals surface area contributed by atoms with Crippen LogP contribution in [-0.2, 0) is 20.0 Å². The van der Waals surface area contributed by atoms with E-state index in [0.29, 0.717) is 16.6 Å². The predicted octanol–water partition coefficient (Wildman–Crippen LogP) is 3.54. The zero-order valence-electron chi connectivity index (χ0n) is 16.7. The van der Waals surface area contributed by atoms with Gasteiger partial charge in [0.15, 0.2) is 11.5 Å². The fourth-order valence-electron chi connectivity index (χ4n) is 2.91. The molecule has 0 heterocycles. The number of phenols is 3. The largest absolute Gasteiger partial charge is 0.508 e. The number of phenolic OH excluding ortho intramolecular Hbond substituents is 3. The molecule has 0 unspecified atom stereocenters. The van der Waals surface area contributed by atoms with E-state index in [1.54, 1.807) is 0 Å². The fourth-order valence-corrected chi connectivity index (χ4v) is 6.65. The summed E-state index contributed by atoms with van der Waals surface area (Å²) in [7, 11) is -9.00. The number of nitrogens with zero attached hydrogens (tertiary/aromatic N) is 1. The maximum Gasteiger partial charge on any atom is 0.256 e. The molecule has 10 heteroatoms. The molecule has 2 rings (SSSR count). The van der Waals surface area contributed by atoms with Gasteiger partial charge in [-0.25, -0.2) is 16.8 Å². The van der Waals surface area contributed by atoms with Crippen LogP contribution in [0.2, 0.25) is 0 Å². The van der Waals surface area contributed by atoms with E-state index in [1.807, 2.05) is 0 Å². The molecular formula is C20H27NO7S2. The summed E-state index contributed by atoms with van der Waals surface area (Å²) in [6.45, 7) is 1.81. The van der Waals surface area contributed by atoms with Gasteiger partial charge in [-0.15, -0.1) is 0 Å². The van der Waals surface area contributed by atoms with Gasteiger partial charge in [-0.1, -0.05) is 42.7 Å². The van der Waals surface area contributed by atoms with Crippen LogP contribution in [0.5, 0.6) is 17.2 Å². The molecule has 0 atom stereocenters. The average Bonchev–Trinajstić information content (AvgIpc) is 2.69. The van der Waals surface area contributed by atoms with Crippen LogP contribution in [0.3, 0.4) is 0 Å². The van der Waals surface area contributed by atoms with Crippen LogP contribution in [0.15, 0.2) is 52.3 Å². The van der Waals surface area contributed by atoms with Gasteiger partial charge in [0, 0.05) is 12.6 Å². The standard InChI is InChI=1S/C20H27NO7S2/c1-2-3-4-5-6-7-14-21(29(25,26)17-10-8-16(22)9-11-17)30(27,28)18-12-13-19(23)20(24)15-18/h8-13,15,22-24H,2-7,14H2,1H3. The Morgan fingerprint density at radius 1 is 0.700 bits per heavy atom. The molecule has 0 bridgehead atoms. The van der Waals surface area contributed by atoms with Crippen LogP contribution in [0, 0.1) is 0 Å². The molecule has 0 aliphatic rings. The molecule has 30 heavy (non-hydrogen) atoms. The summed E-state index contributed by atoms with van der Waals surface area (Å²) in [5.41, 5.74) is 0. The van der Waals surface area contributed by atoms with E-state index in [1.165, 1.54) is 0 Å². The Balaban J connectivity index is 2.39. The van der Waals surface area contributed by atoms with Crippen LogP contribution in [0.4, 0.5) is 0 Å². The number of hydrogen-bond acceptors (Lipinski definition) is 7. The zero-order valence-corrected chi connectivity index (χ0v) is 18.4. The van der Waals surface area contributed by atoms with E-state index in [0.717, 1.165) is 68.1 Å². The third-order valence-corrected chi connectivity index (χ3v) is 8.94. The Hall–Kier alpha value is -2.30. The molecule has 2 aromatic rings. The highest BCUT2D eigenvalue weighted by Gasteiger charge is 2.36. The van der Waals surface area contributed by atoms with Crippen molar-refractivity contribution in [2.75, 3.05) is 6.54 Å². The number of benzene rings is 2. The lowest BCUT2D eigenvalue weighted by Crippen LogP contribution is -2.37. The maximum atomic E-state index is 13.2. The summed E-state index contributed by atoms with van der Waals surface area (Å²) < 4.78 is 53.0. The molecule has 0 fully saturated rings. The van der Waals surface area contributed by atoms with Crippen LogP contribution < -0.4 is 0 Å². The van der Waals surface area contributed by atoms with Gasteiger partial charge in [0.25, 0.3) is 20.0 Å². The molecule has 166 valence electrons. The van der Waals surface area contributed by atoms with Crippen molar-refractivity contribution < 1.29 is 32.2 Å². The first-order valence-electron chi connectivity index (χ1n) is 9.69. The van der Waals surface area contributed by atoms with Crippen LogP contribution in [0.25, 0.3) is 0 Å². The van der Waals surface area contributed by atoms with Crippen LogP contribution >= 0.6 is 0 Å². The Bertz CT molecular complexity index is 1050. The third-order valence-electron chi connectivity index (χ3n) is 4.61. The van der Waals surface area contributed by atoms with Gasteiger partial charge in [0.05, 0.1) is 9.79 Å². The minimum absolute atomic E-state index is 0.150. The highest BCUT2D eigenvalue weighted by atomic mass is 32.3. The van der Waals surface area contributed by atoms with Crippen molar-refractivity contribution in [3.05, 3.63) is 42.5 Å². The van der Waals surface area contributed by atoms with Gasteiger partial charge in [-0.3, -0.25) is 0 Å². The van der Waals surface area contributed by atoms with Gasteiger partial charge in [-0.05, 0) is 42.8 Å². The molecule has 0 aliphatic carbocycles. The van der Waals surface area contributed by atoms with Crippen molar-refractivity contribution in [1.82, 2.24) is 3.71 Å². The van der Waals surface area contributed by atoms with E-state index in [9.17, 15) is 32.2 Å². The molecule has 8 nitrogen and oxygen atoms in total. The molecule has 0 aliphatic heterocycles.